The van der Waals surface area contributed by atoms with Crippen molar-refractivity contribution in [1.82, 2.24) is 0 Å². The summed E-state index contributed by atoms with van der Waals surface area (Å²) in [5.74, 6) is -5.60. The maximum atomic E-state index is 8.54. The Morgan fingerprint density at radius 3 is 2.38 bits per heavy atom. The van der Waals surface area contributed by atoms with Gasteiger partial charge >= 0.3 is 0 Å². The van der Waals surface area contributed by atoms with Crippen molar-refractivity contribution in [2.45, 2.75) is 38.3 Å². The summed E-state index contributed by atoms with van der Waals surface area (Å²) in [6.07, 6.45) is -12.5. The average Bonchev–Trinajstić information content (AvgIpc) is 2.45. The molecule has 13 heavy (non-hydrogen) atoms. The first-order valence-electron chi connectivity index (χ1n) is 9.16. The number of rotatable bonds is 1. The predicted octanol–water partition coefficient (Wildman–Crippen LogP) is 3.98. The van der Waals surface area contributed by atoms with Gasteiger partial charge in [-0.25, -0.2) is 0 Å². The molecule has 1 fully saturated rings. The highest BCUT2D eigenvalue weighted by Crippen LogP contribution is 2.35. The zero-order valence-electron chi connectivity index (χ0n) is 17.4. The maximum absolute atomic E-state index is 8.54. The Morgan fingerprint density at radius 1 is 1.15 bits per heavy atom. The van der Waals surface area contributed by atoms with Crippen molar-refractivity contribution in [3.05, 3.63) is 35.9 Å². The van der Waals surface area contributed by atoms with E-state index in [1.165, 1.54) is 24.3 Å². The molecule has 0 aliphatic heterocycles. The van der Waals surface area contributed by atoms with Gasteiger partial charge in [-0.15, -0.1) is 0 Å². The Bertz CT molecular complexity index is 574. The highest BCUT2D eigenvalue weighted by molar-refractivity contribution is 5.19. The van der Waals surface area contributed by atoms with Crippen LogP contribution in [-0.2, 0) is 0 Å². The van der Waals surface area contributed by atoms with Crippen LogP contribution in [0.2, 0.25) is 0 Å². The molecule has 70 valence electrons. The lowest BCUT2D eigenvalue weighted by molar-refractivity contribution is 0.348. The monoisotopic (exact) mass is 184 g/mol. The topological polar surface area (TPSA) is 0 Å². The lowest BCUT2D eigenvalue weighted by atomic mass is 9.79. The van der Waals surface area contributed by atoms with Gasteiger partial charge in [0.25, 0.3) is 0 Å². The lowest BCUT2D eigenvalue weighted by Gasteiger charge is -2.26. The third-order valence-electron chi connectivity index (χ3n) is 1.81. The third-order valence-corrected chi connectivity index (χ3v) is 1.81. The van der Waals surface area contributed by atoms with Crippen molar-refractivity contribution in [2.24, 2.45) is 5.89 Å². The molecule has 0 nitrogen and oxygen atoms in total. The van der Waals surface area contributed by atoms with Crippen LogP contribution in [0, 0.1) is 5.89 Å². The summed E-state index contributed by atoms with van der Waals surface area (Å²) in [5.41, 5.74) is -0.168. The highest BCUT2D eigenvalue weighted by Gasteiger charge is 2.18. The van der Waals surface area contributed by atoms with E-state index in [2.05, 4.69) is 0 Å². The van der Waals surface area contributed by atoms with E-state index in [-0.39, 0.29) is 5.56 Å². The quantitative estimate of drug-likeness (QED) is 0.619. The molecule has 0 spiro atoms. The zero-order valence-corrected chi connectivity index (χ0v) is 7.39. The largest absolute Gasteiger partial charge is 0.0625 e. The third kappa shape index (κ3) is 2.12. The molecule has 2 rings (SSSR count). The van der Waals surface area contributed by atoms with Crippen LogP contribution in [0.25, 0.3) is 0 Å². The highest BCUT2D eigenvalue weighted by atomic mass is 14.2. The molecule has 1 saturated carbocycles. The van der Waals surface area contributed by atoms with Crippen LogP contribution in [0.3, 0.4) is 0 Å². The minimum atomic E-state index is -3.15. The molecule has 1 aliphatic rings. The van der Waals surface area contributed by atoms with Gasteiger partial charge < -0.3 is 0 Å². The van der Waals surface area contributed by atoms with Crippen LogP contribution in [-0.4, -0.2) is 0 Å². The van der Waals surface area contributed by atoms with Gasteiger partial charge in [0.15, 0.2) is 0 Å². The molecule has 0 heterocycles. The van der Waals surface area contributed by atoms with Crippen LogP contribution in [0.15, 0.2) is 30.3 Å². The second-order valence-electron chi connectivity index (χ2n) is 2.87. The summed E-state index contributed by atoms with van der Waals surface area (Å²) in [7, 11) is 0. The average molecular weight is 184 g/mol. The van der Waals surface area contributed by atoms with Gasteiger partial charge in [0.05, 0.1) is 0 Å². The van der Waals surface area contributed by atoms with Gasteiger partial charge in [-0.2, -0.15) is 0 Å². The van der Waals surface area contributed by atoms with E-state index >= 15 is 0 Å². The molecule has 1 aromatic rings. The standard InChI is InChI=1S/C13H18/c1-11-7-9-13(10-8-11)12-5-3-2-4-6-12/h2-6,11,13H,7-10H2,1H3/i7D2,8D2,9D2,10D2,11D,13D. The molecule has 0 bridgehead atoms. The van der Waals surface area contributed by atoms with Crippen molar-refractivity contribution >= 4 is 0 Å². The normalized spacial score (nSPS) is 66.8. The fourth-order valence-electron chi connectivity index (χ4n) is 1.12. The molecule has 0 saturated heterocycles. The molecule has 1 aliphatic carbocycles. The number of benzene rings is 1. The zero-order chi connectivity index (χ0) is 18.1. The summed E-state index contributed by atoms with van der Waals surface area (Å²) < 4.78 is 81.5. The van der Waals surface area contributed by atoms with Gasteiger partial charge in [0.2, 0.25) is 0 Å². The number of hydrogen-bond donors (Lipinski definition) is 0. The van der Waals surface area contributed by atoms with Gasteiger partial charge in [0.1, 0.15) is 0 Å². The molecule has 0 heteroatoms. The minimum Gasteiger partial charge on any atom is -0.0625 e. The Hall–Kier alpha value is -0.780. The van der Waals surface area contributed by atoms with Crippen molar-refractivity contribution < 1.29 is 13.7 Å². The van der Waals surface area contributed by atoms with Crippen LogP contribution in [0.1, 0.15) is 57.6 Å². The van der Waals surface area contributed by atoms with Crippen LogP contribution >= 0.6 is 0 Å². The molecule has 0 N–H and O–H groups in total. The Balaban J connectivity index is 2.91. The van der Waals surface area contributed by atoms with Crippen molar-refractivity contribution in [3.8, 4) is 0 Å². The molecule has 1 aromatic carbocycles. The molecule has 0 amide bonds. The Kier molecular flexibility index (Phi) is 0.867. The summed E-state index contributed by atoms with van der Waals surface area (Å²) in [4.78, 5) is 0. The Labute approximate surface area is 95.0 Å². The maximum Gasteiger partial charge on any atom is 0.0352 e. The van der Waals surface area contributed by atoms with Gasteiger partial charge in [0, 0.05) is 13.7 Å². The van der Waals surface area contributed by atoms with E-state index < -0.39 is 37.3 Å². The lowest BCUT2D eigenvalue weighted by Crippen LogP contribution is -2.10. The van der Waals surface area contributed by atoms with E-state index in [9.17, 15) is 0 Å². The SMILES string of the molecule is [2H]C1([2H])C([2H])([2H])C([2H])(c2ccccc2)C([2H])([2H])C([2H])([2H])C1([2H])C. The fourth-order valence-corrected chi connectivity index (χ4v) is 1.12. The van der Waals surface area contributed by atoms with E-state index in [1.807, 2.05) is 0 Å². The summed E-state index contributed by atoms with van der Waals surface area (Å²) >= 11 is 0. The molecule has 0 atom stereocenters. The first kappa shape index (κ1) is 2.85. The van der Waals surface area contributed by atoms with Crippen LogP contribution in [0.4, 0.5) is 0 Å². The van der Waals surface area contributed by atoms with E-state index in [4.69, 9.17) is 13.7 Å². The van der Waals surface area contributed by atoms with E-state index in [0.29, 0.717) is 0 Å². The Morgan fingerprint density at radius 2 is 1.77 bits per heavy atom. The van der Waals surface area contributed by atoms with Crippen molar-refractivity contribution in [2.75, 3.05) is 0 Å². The molecule has 0 aromatic heterocycles. The van der Waals surface area contributed by atoms with Crippen molar-refractivity contribution in [3.63, 3.8) is 0 Å². The molecular formula is C13H18. The molecular weight excluding hydrogens is 156 g/mol. The second kappa shape index (κ2) is 3.95. The number of hydrogen-bond acceptors (Lipinski definition) is 0. The fraction of sp³-hybridized carbons (Fsp3) is 0.538. The van der Waals surface area contributed by atoms with E-state index in [0.717, 1.165) is 6.92 Å². The van der Waals surface area contributed by atoms with Gasteiger partial charge in [-0.05, 0) is 30.1 Å². The van der Waals surface area contributed by atoms with Crippen LogP contribution < -0.4 is 0 Å². The molecule has 0 unspecified atom stereocenters. The van der Waals surface area contributed by atoms with Gasteiger partial charge in [-0.3, -0.25) is 0 Å². The van der Waals surface area contributed by atoms with Crippen LogP contribution in [0.5, 0.6) is 0 Å². The summed E-state index contributed by atoms with van der Waals surface area (Å²) in [5, 5.41) is 0. The second-order valence-corrected chi connectivity index (χ2v) is 2.87. The summed E-state index contributed by atoms with van der Waals surface area (Å²) in [6, 6.07) is 7.05. The van der Waals surface area contributed by atoms with Gasteiger partial charge in [-0.1, -0.05) is 50.0 Å². The van der Waals surface area contributed by atoms with E-state index in [1.54, 1.807) is 6.07 Å². The first-order chi connectivity index (χ1) is 10.1. The predicted molar refractivity (Wildman–Crippen MR) is 56.8 cm³/mol. The first-order valence-corrected chi connectivity index (χ1v) is 4.16. The smallest absolute Gasteiger partial charge is 0.0352 e. The molecule has 0 radical (unpaired) electrons. The summed E-state index contributed by atoms with van der Waals surface area (Å²) in [6.45, 7) is 0.841. The van der Waals surface area contributed by atoms with Crippen molar-refractivity contribution in [1.29, 1.82) is 0 Å². The minimum absolute atomic E-state index is 0.168.